The van der Waals surface area contributed by atoms with Gasteiger partial charge in [-0.1, -0.05) is 0 Å². The number of carbonyl (C=O) groups is 1. The number of fused-ring (bicyclic) bond motifs is 1. The van der Waals surface area contributed by atoms with Crippen LogP contribution in [0.1, 0.15) is 37.4 Å². The molecule has 0 bridgehead atoms. The van der Waals surface area contributed by atoms with E-state index < -0.39 is 23.8 Å². The lowest BCUT2D eigenvalue weighted by Gasteiger charge is -2.39. The number of nitrogens with two attached hydrogens (primary N) is 1. The topological polar surface area (TPSA) is 70.8 Å². The Hall–Kier alpha value is -1.77. The van der Waals surface area contributed by atoms with Gasteiger partial charge in [0.05, 0.1) is 12.6 Å². The van der Waals surface area contributed by atoms with Crippen LogP contribution < -0.4 is 11.1 Å². The molecule has 0 radical (unpaired) electrons. The number of carbonyl (C=O) groups excluding carboxylic acids is 1. The highest BCUT2D eigenvalue weighted by Gasteiger charge is 2.47. The molecule has 158 valence electrons. The van der Waals surface area contributed by atoms with Crippen molar-refractivity contribution in [2.45, 2.75) is 56.0 Å². The van der Waals surface area contributed by atoms with E-state index >= 15 is 0 Å². The van der Waals surface area contributed by atoms with Crippen molar-refractivity contribution in [1.29, 1.82) is 0 Å². The van der Waals surface area contributed by atoms with Gasteiger partial charge in [-0.2, -0.15) is 0 Å². The number of amides is 2. The number of ether oxygens (including phenoxy) is 1. The fourth-order valence-electron chi connectivity index (χ4n) is 5.18. The molecule has 4 aliphatic rings. The lowest BCUT2D eigenvalue weighted by atomic mass is 9.93. The monoisotopic (exact) mass is 406 g/mol. The molecular formula is C21H28F2N4O2. The highest BCUT2D eigenvalue weighted by molar-refractivity contribution is 5.75. The molecule has 2 amide bonds. The van der Waals surface area contributed by atoms with Gasteiger partial charge in [0.2, 0.25) is 0 Å². The summed E-state index contributed by atoms with van der Waals surface area (Å²) < 4.78 is 33.6. The normalized spacial score (nSPS) is 35.0. The van der Waals surface area contributed by atoms with E-state index in [1.807, 2.05) is 4.90 Å². The van der Waals surface area contributed by atoms with Crippen LogP contribution in [0.25, 0.3) is 0 Å². The third-order valence-corrected chi connectivity index (χ3v) is 6.92. The number of hydrogen-bond acceptors (Lipinski definition) is 4. The molecule has 0 aromatic heterocycles. The van der Waals surface area contributed by atoms with Gasteiger partial charge in [0.25, 0.3) is 0 Å². The molecule has 3 saturated heterocycles. The quantitative estimate of drug-likeness (QED) is 0.806. The van der Waals surface area contributed by atoms with Gasteiger partial charge in [-0.15, -0.1) is 0 Å². The fraction of sp³-hybridized carbons (Fsp3) is 0.667. The highest BCUT2D eigenvalue weighted by atomic mass is 19.1. The van der Waals surface area contributed by atoms with Crippen LogP contribution in [0.4, 0.5) is 13.6 Å². The molecule has 4 fully saturated rings. The maximum absolute atomic E-state index is 14.1. The van der Waals surface area contributed by atoms with E-state index in [0.29, 0.717) is 25.0 Å². The second-order valence-electron chi connectivity index (χ2n) is 8.96. The third kappa shape index (κ3) is 3.73. The third-order valence-electron chi connectivity index (χ3n) is 6.92. The van der Waals surface area contributed by atoms with Crippen LogP contribution >= 0.6 is 0 Å². The maximum Gasteiger partial charge on any atom is 0.317 e. The van der Waals surface area contributed by atoms with Crippen molar-refractivity contribution < 1.29 is 18.3 Å². The van der Waals surface area contributed by atoms with E-state index in [9.17, 15) is 13.6 Å². The van der Waals surface area contributed by atoms with Gasteiger partial charge in [0, 0.05) is 43.3 Å². The van der Waals surface area contributed by atoms with Crippen LogP contribution in [-0.2, 0) is 4.74 Å². The van der Waals surface area contributed by atoms with E-state index in [4.69, 9.17) is 10.5 Å². The van der Waals surface area contributed by atoms with Gasteiger partial charge >= 0.3 is 6.03 Å². The number of nitrogens with one attached hydrogen (secondary N) is 1. The average molecular weight is 406 g/mol. The van der Waals surface area contributed by atoms with Crippen molar-refractivity contribution in [3.05, 3.63) is 35.4 Å². The molecule has 1 aliphatic carbocycles. The van der Waals surface area contributed by atoms with Gasteiger partial charge in [-0.05, 0) is 49.8 Å². The largest absolute Gasteiger partial charge is 0.370 e. The summed E-state index contributed by atoms with van der Waals surface area (Å²) in [4.78, 5) is 16.9. The molecule has 5 rings (SSSR count). The number of benzene rings is 1. The lowest BCUT2D eigenvalue weighted by Crippen LogP contribution is -2.50. The number of likely N-dealkylation sites (tertiary alicyclic amines) is 2. The molecule has 5 unspecified atom stereocenters. The Morgan fingerprint density at radius 3 is 2.79 bits per heavy atom. The van der Waals surface area contributed by atoms with E-state index in [2.05, 4.69) is 10.2 Å². The SMILES string of the molecule is NC1CC(N2CC3CCN(C(=O)NC4CC4)C3C2)COC1c1cc(F)ccc1F. The Balaban J connectivity index is 1.21. The summed E-state index contributed by atoms with van der Waals surface area (Å²) in [5.74, 6) is -0.496. The standard InChI is InChI=1S/C21H28F2N4O2/c22-13-1-4-17(23)16(7-13)20-18(24)8-15(11-29-20)26-9-12-5-6-27(19(12)10-26)21(28)25-14-2-3-14/h1,4,7,12,14-15,18-20H,2-3,5-6,8-11,24H2,(H,25,28). The molecule has 29 heavy (non-hydrogen) atoms. The van der Waals surface area contributed by atoms with E-state index in [1.54, 1.807) is 0 Å². The van der Waals surface area contributed by atoms with E-state index in [-0.39, 0.29) is 23.7 Å². The Bertz CT molecular complexity index is 790. The molecule has 6 nitrogen and oxygen atoms in total. The predicted molar refractivity (Wildman–Crippen MR) is 103 cm³/mol. The van der Waals surface area contributed by atoms with Crippen molar-refractivity contribution >= 4 is 6.03 Å². The summed E-state index contributed by atoms with van der Waals surface area (Å²) in [5, 5.41) is 3.10. The average Bonchev–Trinajstić information content (AvgIpc) is 3.26. The maximum atomic E-state index is 14.1. The summed E-state index contributed by atoms with van der Waals surface area (Å²) in [6.45, 7) is 3.01. The van der Waals surface area contributed by atoms with E-state index in [0.717, 1.165) is 51.0 Å². The van der Waals surface area contributed by atoms with Crippen molar-refractivity contribution in [3.63, 3.8) is 0 Å². The van der Waals surface area contributed by atoms with Crippen LogP contribution in [0.2, 0.25) is 0 Å². The molecule has 3 aliphatic heterocycles. The molecule has 5 atom stereocenters. The Labute approximate surface area is 169 Å². The summed E-state index contributed by atoms with van der Waals surface area (Å²) >= 11 is 0. The number of hydrogen-bond donors (Lipinski definition) is 2. The number of nitrogens with zero attached hydrogens (tertiary/aromatic N) is 2. The first-order valence-corrected chi connectivity index (χ1v) is 10.6. The summed E-state index contributed by atoms with van der Waals surface area (Å²) in [6.07, 6.45) is 3.23. The van der Waals surface area contributed by atoms with Gasteiger partial charge in [-0.25, -0.2) is 13.6 Å². The van der Waals surface area contributed by atoms with E-state index in [1.165, 1.54) is 6.07 Å². The van der Waals surface area contributed by atoms with Crippen LogP contribution in [0.15, 0.2) is 18.2 Å². The lowest BCUT2D eigenvalue weighted by molar-refractivity contribution is -0.0487. The van der Waals surface area contributed by atoms with Crippen molar-refractivity contribution in [1.82, 2.24) is 15.1 Å². The molecule has 1 aromatic rings. The summed E-state index contributed by atoms with van der Waals surface area (Å²) in [6, 6.07) is 3.81. The zero-order valence-corrected chi connectivity index (χ0v) is 16.4. The fourth-order valence-corrected chi connectivity index (χ4v) is 5.18. The Kier molecular flexibility index (Phi) is 4.96. The zero-order chi connectivity index (χ0) is 20.1. The number of urea groups is 1. The summed E-state index contributed by atoms with van der Waals surface area (Å²) in [7, 11) is 0. The smallest absolute Gasteiger partial charge is 0.317 e. The minimum Gasteiger partial charge on any atom is -0.370 e. The number of halogens is 2. The molecule has 3 N–H and O–H groups in total. The predicted octanol–water partition coefficient (Wildman–Crippen LogP) is 2.00. The van der Waals surface area contributed by atoms with Crippen LogP contribution in [-0.4, -0.2) is 66.2 Å². The zero-order valence-electron chi connectivity index (χ0n) is 16.4. The highest BCUT2D eigenvalue weighted by Crippen LogP contribution is 2.37. The molecule has 8 heteroatoms. The molecule has 1 aromatic carbocycles. The molecule has 0 spiro atoms. The Morgan fingerprint density at radius 2 is 2.03 bits per heavy atom. The second-order valence-corrected chi connectivity index (χ2v) is 8.96. The number of rotatable bonds is 3. The molecule has 3 heterocycles. The minimum absolute atomic E-state index is 0.0695. The van der Waals surface area contributed by atoms with Crippen LogP contribution in [0.3, 0.4) is 0 Å². The van der Waals surface area contributed by atoms with Crippen molar-refractivity contribution in [2.75, 3.05) is 26.2 Å². The molecule has 1 saturated carbocycles. The summed E-state index contributed by atoms with van der Waals surface area (Å²) in [5.41, 5.74) is 6.52. The second kappa shape index (κ2) is 7.49. The van der Waals surface area contributed by atoms with Gasteiger partial charge in [0.15, 0.2) is 0 Å². The first kappa shape index (κ1) is 19.2. The first-order chi connectivity index (χ1) is 14.0. The first-order valence-electron chi connectivity index (χ1n) is 10.6. The van der Waals surface area contributed by atoms with Crippen LogP contribution in [0, 0.1) is 17.6 Å². The van der Waals surface area contributed by atoms with Gasteiger partial charge in [0.1, 0.15) is 17.7 Å². The minimum atomic E-state index is -0.634. The Morgan fingerprint density at radius 1 is 1.21 bits per heavy atom. The van der Waals surface area contributed by atoms with Crippen LogP contribution in [0.5, 0.6) is 0 Å². The van der Waals surface area contributed by atoms with Crippen molar-refractivity contribution in [3.8, 4) is 0 Å². The molecular weight excluding hydrogens is 378 g/mol. The van der Waals surface area contributed by atoms with Gasteiger partial charge < -0.3 is 20.7 Å². The van der Waals surface area contributed by atoms with Crippen molar-refractivity contribution in [2.24, 2.45) is 11.7 Å². The van der Waals surface area contributed by atoms with Gasteiger partial charge in [-0.3, -0.25) is 4.90 Å².